The predicted molar refractivity (Wildman–Crippen MR) is 56.8 cm³/mol. The normalized spacial score (nSPS) is 17.7. The molecule has 0 N–H and O–H groups in total. The van der Waals surface area contributed by atoms with Crippen molar-refractivity contribution in [3.05, 3.63) is 0 Å². The highest BCUT2D eigenvalue weighted by atomic mass is 32.3. The maximum absolute atomic E-state index is 13.2. The number of hydrogen-bond donors (Lipinski definition) is 0. The number of hydrogen-bond acceptors (Lipinski definition) is 6. The average molecular weight is 370 g/mol. The Morgan fingerprint density at radius 2 is 1.05 bits per heavy atom. The second-order valence-electron chi connectivity index (χ2n) is 2.67. The van der Waals surface area contributed by atoms with Gasteiger partial charge in [-0.1, -0.05) is 15.2 Å². The Balaban J connectivity index is 5.53. The molecule has 2 unspecified atom stereocenters. The third kappa shape index (κ3) is 4.42. The van der Waals surface area contributed by atoms with Crippen LogP contribution in [0.2, 0.25) is 0 Å². The van der Waals surface area contributed by atoms with E-state index in [-0.39, 0.29) is 14.1 Å². The lowest BCUT2D eigenvalue weighted by molar-refractivity contribution is 0.188. The zero-order valence-electron chi connectivity index (χ0n) is 8.99. The highest BCUT2D eigenvalue weighted by molar-refractivity contribution is 8.10. The summed E-state index contributed by atoms with van der Waals surface area (Å²) in [6.45, 7) is 0. The maximum Gasteiger partial charge on any atom is 0.424 e. The van der Waals surface area contributed by atoms with Gasteiger partial charge in [-0.2, -0.15) is 25.6 Å². The van der Waals surface area contributed by atoms with Crippen molar-refractivity contribution in [3.8, 4) is 0 Å². The summed E-state index contributed by atoms with van der Waals surface area (Å²) >= 11 is 0. The molecule has 0 rings (SSSR count). The van der Waals surface area contributed by atoms with E-state index in [4.69, 9.17) is 0 Å². The van der Waals surface area contributed by atoms with Gasteiger partial charge in [0, 0.05) is 14.1 Å². The third-order valence-corrected chi connectivity index (χ3v) is 7.20. The van der Waals surface area contributed by atoms with Gasteiger partial charge in [0.15, 0.2) is 22.0 Å². The predicted octanol–water partition coefficient (Wildman–Crippen LogP) is -0.844. The molecule has 0 aliphatic rings. The molecule has 2 atom stereocenters. The van der Waals surface area contributed by atoms with Crippen LogP contribution in [0.3, 0.4) is 0 Å². The molecule has 8 nitrogen and oxygen atoms in total. The lowest BCUT2D eigenvalue weighted by Gasteiger charge is -2.21. The molecule has 0 spiro atoms. The summed E-state index contributed by atoms with van der Waals surface area (Å²) in [6, 6.07) is 0. The Kier molecular flexibility index (Phi) is 5.63. The first-order chi connectivity index (χ1) is 8.13. The minimum atomic E-state index is -5.82. The van der Waals surface area contributed by atoms with E-state index in [9.17, 15) is 41.8 Å². The number of nitrogens with zero attached hydrogens (tertiary/aromatic N) is 2. The molecule has 0 aromatic rings. The molecule has 0 fully saturated rings. The molecule has 16 heteroatoms. The highest BCUT2D eigenvalue weighted by Gasteiger charge is 2.53. The molecule has 0 aromatic heterocycles. The molecule has 0 aliphatic heterocycles. The van der Waals surface area contributed by atoms with E-state index in [2.05, 4.69) is 0 Å². The highest BCUT2D eigenvalue weighted by Crippen LogP contribution is 2.29. The summed E-state index contributed by atoms with van der Waals surface area (Å²) in [6.07, 6.45) is 0. The molecule has 0 aromatic carbocycles. The second-order valence-corrected chi connectivity index (χ2v) is 9.25. The van der Waals surface area contributed by atoms with E-state index in [1.54, 1.807) is 0 Å². The van der Waals surface area contributed by atoms with Gasteiger partial charge < -0.3 is 0 Å². The number of alkyl halides is 2. The van der Waals surface area contributed by atoms with Crippen molar-refractivity contribution in [2.45, 2.75) is 4.59 Å². The fraction of sp³-hybridized carbons (Fsp3) is 1.00. The zero-order valence-corrected chi connectivity index (χ0v) is 12.3. The van der Waals surface area contributed by atoms with Gasteiger partial charge in [0.25, 0.3) is 0 Å². The van der Waals surface area contributed by atoms with Gasteiger partial charge in [-0.3, -0.25) is 0 Å². The van der Waals surface area contributed by atoms with Crippen molar-refractivity contribution in [2.75, 3.05) is 14.1 Å². The largest absolute Gasteiger partial charge is 0.424 e. The molecule has 0 bridgehead atoms. The summed E-state index contributed by atoms with van der Waals surface area (Å²) in [5, 5.41) is 0. The van der Waals surface area contributed by atoms with Crippen LogP contribution in [0.25, 0.3) is 0 Å². The van der Waals surface area contributed by atoms with Crippen LogP contribution >= 0.6 is 0 Å². The summed E-state index contributed by atoms with van der Waals surface area (Å²) in [5.41, 5.74) is 0. The molecule has 0 amide bonds. The minimum Gasteiger partial charge on any atom is -0.234 e. The van der Waals surface area contributed by atoms with Crippen LogP contribution in [-0.4, -0.2) is 51.4 Å². The average Bonchev–Trinajstić information content (AvgIpc) is 2.22. The van der Waals surface area contributed by atoms with Crippen molar-refractivity contribution in [3.63, 3.8) is 0 Å². The van der Waals surface area contributed by atoms with Gasteiger partial charge in [0.2, 0.25) is 0 Å². The summed E-state index contributed by atoms with van der Waals surface area (Å²) in [4.78, 5) is 0. The SMILES string of the molecule is CN(S(=O)C(F)(F)S(=O)N(C)S(=O)(=O)F)S(=O)(=O)F. The van der Waals surface area contributed by atoms with Crippen LogP contribution in [0.1, 0.15) is 0 Å². The molecule has 0 saturated carbocycles. The van der Waals surface area contributed by atoms with Gasteiger partial charge in [-0.05, 0) is 0 Å². The Morgan fingerprint density at radius 1 is 0.842 bits per heavy atom. The first-order valence-corrected chi connectivity index (χ1v) is 8.61. The van der Waals surface area contributed by atoms with Crippen molar-refractivity contribution in [2.24, 2.45) is 0 Å². The standard InChI is InChI=1S/C3H6F4N2O6S4/c1-8(18(6,12)13)16(10)3(4,5)17(11)9(2)19(7,14)15/h1-2H3. The van der Waals surface area contributed by atoms with Gasteiger partial charge in [-0.15, -0.1) is 0 Å². The minimum absolute atomic E-state index is 0.125. The summed E-state index contributed by atoms with van der Waals surface area (Å²) in [5.74, 6) is 0. The Hall–Kier alpha value is -0.160. The van der Waals surface area contributed by atoms with Crippen LogP contribution in [0.4, 0.5) is 16.6 Å². The number of rotatable bonds is 6. The molecular formula is C3H6F4N2O6S4. The van der Waals surface area contributed by atoms with Crippen molar-refractivity contribution < 1.29 is 41.8 Å². The fourth-order valence-corrected chi connectivity index (χ4v) is 4.42. The molecule has 116 valence electrons. The van der Waals surface area contributed by atoms with Crippen molar-refractivity contribution in [1.82, 2.24) is 7.42 Å². The van der Waals surface area contributed by atoms with Crippen LogP contribution in [0, 0.1) is 0 Å². The van der Waals surface area contributed by atoms with E-state index < -0.39 is 54.8 Å². The van der Waals surface area contributed by atoms with Crippen molar-refractivity contribution >= 4 is 42.8 Å². The first-order valence-electron chi connectivity index (χ1n) is 3.72. The van der Waals surface area contributed by atoms with Gasteiger partial charge in [0.1, 0.15) is 0 Å². The smallest absolute Gasteiger partial charge is 0.234 e. The molecular weight excluding hydrogens is 364 g/mol. The maximum atomic E-state index is 13.2. The lowest BCUT2D eigenvalue weighted by atomic mass is 11.6. The molecule has 0 aliphatic carbocycles. The first kappa shape index (κ1) is 18.8. The monoisotopic (exact) mass is 370 g/mol. The summed E-state index contributed by atoms with van der Waals surface area (Å²) < 4.78 is 107. The van der Waals surface area contributed by atoms with Gasteiger partial charge in [-0.25, -0.2) is 8.42 Å². The summed E-state index contributed by atoms with van der Waals surface area (Å²) in [7, 11) is -19.5. The van der Waals surface area contributed by atoms with E-state index >= 15 is 0 Å². The van der Waals surface area contributed by atoms with E-state index in [1.165, 1.54) is 0 Å². The number of halogens is 4. The molecule has 0 radical (unpaired) electrons. The van der Waals surface area contributed by atoms with E-state index in [1.807, 2.05) is 0 Å². The van der Waals surface area contributed by atoms with Crippen LogP contribution in [-0.2, 0) is 42.8 Å². The van der Waals surface area contributed by atoms with Crippen molar-refractivity contribution in [1.29, 1.82) is 0 Å². The third-order valence-electron chi connectivity index (χ3n) is 1.49. The molecule has 0 heterocycles. The molecule has 19 heavy (non-hydrogen) atoms. The Morgan fingerprint density at radius 3 is 1.21 bits per heavy atom. The van der Waals surface area contributed by atoms with Crippen LogP contribution in [0.5, 0.6) is 0 Å². The Labute approximate surface area is 111 Å². The lowest BCUT2D eigenvalue weighted by Crippen LogP contribution is -2.45. The van der Waals surface area contributed by atoms with E-state index in [0.29, 0.717) is 0 Å². The van der Waals surface area contributed by atoms with Crippen LogP contribution < -0.4 is 0 Å². The zero-order chi connectivity index (χ0) is 15.8. The van der Waals surface area contributed by atoms with E-state index in [0.717, 1.165) is 0 Å². The van der Waals surface area contributed by atoms with Crippen LogP contribution in [0.15, 0.2) is 0 Å². The quantitative estimate of drug-likeness (QED) is 0.445. The van der Waals surface area contributed by atoms with Gasteiger partial charge >= 0.3 is 25.4 Å². The topological polar surface area (TPSA) is 109 Å². The second kappa shape index (κ2) is 5.68. The molecule has 0 saturated heterocycles. The Bertz CT molecular complexity index is 548. The van der Waals surface area contributed by atoms with Gasteiger partial charge in [0.05, 0.1) is 0 Å². The fourth-order valence-electron chi connectivity index (χ4n) is 0.522.